The fraction of sp³-hybridized carbons (Fsp3) is 0.111. The van der Waals surface area contributed by atoms with E-state index in [1.165, 1.54) is 12.1 Å². The van der Waals surface area contributed by atoms with E-state index in [0.717, 1.165) is 0 Å². The molecule has 8 heteroatoms. The van der Waals surface area contributed by atoms with Crippen molar-refractivity contribution in [2.24, 2.45) is 0 Å². The predicted octanol–water partition coefficient (Wildman–Crippen LogP) is 3.34. The van der Waals surface area contributed by atoms with E-state index < -0.39 is 15.9 Å². The quantitative estimate of drug-likeness (QED) is 0.716. The molecule has 3 aromatic rings. The number of carbonyl (C=O) groups is 1. The van der Waals surface area contributed by atoms with Crippen molar-refractivity contribution < 1.29 is 17.7 Å². The van der Waals surface area contributed by atoms with Gasteiger partial charge in [-0.1, -0.05) is 29.4 Å². The van der Waals surface area contributed by atoms with Crippen molar-refractivity contribution in [2.45, 2.75) is 18.7 Å². The van der Waals surface area contributed by atoms with Crippen LogP contribution >= 0.6 is 0 Å². The zero-order chi connectivity index (χ0) is 18.7. The number of nitrogens with zero attached hydrogens (tertiary/aromatic N) is 1. The lowest BCUT2D eigenvalue weighted by Gasteiger charge is -2.11. The minimum absolute atomic E-state index is 0.00608. The molecule has 2 aromatic carbocycles. The van der Waals surface area contributed by atoms with Gasteiger partial charge in [0.2, 0.25) is 0 Å². The average molecular weight is 371 g/mol. The molecule has 0 saturated carbocycles. The van der Waals surface area contributed by atoms with Crippen LogP contribution in [0.15, 0.2) is 64.0 Å². The van der Waals surface area contributed by atoms with Crippen LogP contribution in [0.5, 0.6) is 0 Å². The van der Waals surface area contributed by atoms with Crippen LogP contribution in [0.25, 0.3) is 0 Å². The molecule has 2 N–H and O–H groups in total. The summed E-state index contributed by atoms with van der Waals surface area (Å²) in [5, 5.41) is 6.29. The third kappa shape index (κ3) is 3.92. The van der Waals surface area contributed by atoms with Crippen LogP contribution in [0, 0.1) is 13.8 Å². The molecule has 0 atom stereocenters. The SMILES string of the molecule is Cc1cc(NC(=O)c2cc(S(=O)(=O)Nc3ccccc3)ccc2C)no1. The number of nitrogens with one attached hydrogen (secondary N) is 2. The molecule has 0 aliphatic heterocycles. The third-order valence-electron chi connectivity index (χ3n) is 3.66. The number of anilines is 2. The number of rotatable bonds is 5. The van der Waals surface area contributed by atoms with Gasteiger partial charge in [0.1, 0.15) is 5.76 Å². The zero-order valence-corrected chi connectivity index (χ0v) is 15.0. The molecule has 0 bridgehead atoms. The van der Waals surface area contributed by atoms with Gasteiger partial charge in [-0.15, -0.1) is 0 Å². The number of hydrogen-bond acceptors (Lipinski definition) is 5. The molecule has 0 aliphatic carbocycles. The highest BCUT2D eigenvalue weighted by atomic mass is 32.2. The van der Waals surface area contributed by atoms with Gasteiger partial charge >= 0.3 is 0 Å². The second kappa shape index (κ2) is 7.01. The zero-order valence-electron chi connectivity index (χ0n) is 14.2. The van der Waals surface area contributed by atoms with Gasteiger partial charge in [0.05, 0.1) is 4.90 Å². The van der Waals surface area contributed by atoms with E-state index in [-0.39, 0.29) is 16.3 Å². The molecular formula is C18H17N3O4S. The number of para-hydroxylation sites is 1. The molecule has 0 aliphatic rings. The van der Waals surface area contributed by atoms with E-state index in [1.807, 2.05) is 0 Å². The van der Waals surface area contributed by atoms with E-state index >= 15 is 0 Å². The minimum atomic E-state index is -3.82. The largest absolute Gasteiger partial charge is 0.360 e. The van der Waals surface area contributed by atoms with Gasteiger partial charge in [0.15, 0.2) is 5.82 Å². The molecule has 1 amide bonds. The Bertz CT molecular complexity index is 1040. The van der Waals surface area contributed by atoms with Crippen molar-refractivity contribution in [2.75, 3.05) is 10.0 Å². The molecule has 0 saturated heterocycles. The number of aromatic nitrogens is 1. The minimum Gasteiger partial charge on any atom is -0.360 e. The number of amides is 1. The highest BCUT2D eigenvalue weighted by molar-refractivity contribution is 7.92. The first-order valence-corrected chi connectivity index (χ1v) is 9.27. The van der Waals surface area contributed by atoms with Gasteiger partial charge in [-0.3, -0.25) is 9.52 Å². The highest BCUT2D eigenvalue weighted by Crippen LogP contribution is 2.20. The summed E-state index contributed by atoms with van der Waals surface area (Å²) in [6.07, 6.45) is 0. The molecule has 7 nitrogen and oxygen atoms in total. The summed E-state index contributed by atoms with van der Waals surface area (Å²) < 4.78 is 32.5. The first-order valence-electron chi connectivity index (χ1n) is 7.78. The molecule has 0 fully saturated rings. The lowest BCUT2D eigenvalue weighted by Crippen LogP contribution is -2.17. The number of hydrogen-bond donors (Lipinski definition) is 2. The molecule has 26 heavy (non-hydrogen) atoms. The van der Waals surface area contributed by atoms with E-state index in [0.29, 0.717) is 17.0 Å². The molecule has 1 aromatic heterocycles. The first-order chi connectivity index (χ1) is 12.3. The van der Waals surface area contributed by atoms with Gasteiger partial charge in [0, 0.05) is 17.3 Å². The van der Waals surface area contributed by atoms with Crippen LogP contribution in [0.2, 0.25) is 0 Å². The normalized spacial score (nSPS) is 11.2. The standard InChI is InChI=1S/C18H17N3O4S/c1-12-8-9-15(26(23,24)21-14-6-4-3-5-7-14)11-16(12)18(22)19-17-10-13(2)25-20-17/h3-11,21H,1-2H3,(H,19,20,22). The molecule has 0 spiro atoms. The number of carbonyl (C=O) groups excluding carboxylic acids is 1. The Kier molecular flexibility index (Phi) is 4.77. The summed E-state index contributed by atoms with van der Waals surface area (Å²) in [6, 6.07) is 14.5. The van der Waals surface area contributed by atoms with E-state index in [1.54, 1.807) is 56.3 Å². The predicted molar refractivity (Wildman–Crippen MR) is 97.6 cm³/mol. The monoisotopic (exact) mass is 371 g/mol. The van der Waals surface area contributed by atoms with E-state index in [9.17, 15) is 13.2 Å². The van der Waals surface area contributed by atoms with Crippen molar-refractivity contribution in [1.29, 1.82) is 0 Å². The Labute approximate surface area is 151 Å². The maximum Gasteiger partial charge on any atom is 0.261 e. The van der Waals surface area contributed by atoms with E-state index in [2.05, 4.69) is 15.2 Å². The third-order valence-corrected chi connectivity index (χ3v) is 5.04. The summed E-state index contributed by atoms with van der Waals surface area (Å²) in [5.41, 5.74) is 1.32. The second-order valence-corrected chi connectivity index (χ2v) is 7.41. The van der Waals surface area contributed by atoms with Crippen LogP contribution in [0.4, 0.5) is 11.5 Å². The van der Waals surface area contributed by atoms with Gasteiger partial charge in [-0.2, -0.15) is 0 Å². The van der Waals surface area contributed by atoms with Crippen LogP contribution < -0.4 is 10.0 Å². The van der Waals surface area contributed by atoms with Crippen molar-refractivity contribution in [1.82, 2.24) is 5.16 Å². The number of sulfonamides is 1. The Morgan fingerprint density at radius 1 is 1.04 bits per heavy atom. The maximum atomic E-state index is 12.6. The fourth-order valence-corrected chi connectivity index (χ4v) is 3.43. The van der Waals surface area contributed by atoms with Gasteiger partial charge in [-0.25, -0.2) is 8.42 Å². The Morgan fingerprint density at radius 2 is 1.77 bits per heavy atom. The van der Waals surface area contributed by atoms with Gasteiger partial charge in [0.25, 0.3) is 15.9 Å². The second-order valence-electron chi connectivity index (χ2n) is 5.73. The lowest BCUT2D eigenvalue weighted by atomic mass is 10.1. The van der Waals surface area contributed by atoms with Crippen LogP contribution in [-0.4, -0.2) is 19.5 Å². The number of benzene rings is 2. The van der Waals surface area contributed by atoms with E-state index in [4.69, 9.17) is 4.52 Å². The van der Waals surface area contributed by atoms with Crippen molar-refractivity contribution in [3.63, 3.8) is 0 Å². The average Bonchev–Trinajstić information content (AvgIpc) is 3.00. The smallest absolute Gasteiger partial charge is 0.261 e. The molecule has 1 heterocycles. The maximum absolute atomic E-state index is 12.6. The van der Waals surface area contributed by atoms with Gasteiger partial charge in [-0.05, 0) is 43.7 Å². The Morgan fingerprint density at radius 3 is 2.42 bits per heavy atom. The fourth-order valence-electron chi connectivity index (χ4n) is 2.34. The van der Waals surface area contributed by atoms with Gasteiger partial charge < -0.3 is 9.84 Å². The molecule has 0 unspecified atom stereocenters. The summed E-state index contributed by atoms with van der Waals surface area (Å²) in [5.74, 6) is 0.357. The van der Waals surface area contributed by atoms with Crippen molar-refractivity contribution >= 4 is 27.4 Å². The van der Waals surface area contributed by atoms with Crippen molar-refractivity contribution in [3.05, 3.63) is 71.5 Å². The Hall–Kier alpha value is -3.13. The molecular weight excluding hydrogens is 354 g/mol. The summed E-state index contributed by atoms with van der Waals surface area (Å²) in [4.78, 5) is 12.5. The van der Waals surface area contributed by atoms with Crippen molar-refractivity contribution in [3.8, 4) is 0 Å². The summed E-state index contributed by atoms with van der Waals surface area (Å²) >= 11 is 0. The van der Waals surface area contributed by atoms with Crippen LogP contribution in [0.1, 0.15) is 21.7 Å². The first kappa shape index (κ1) is 17.7. The molecule has 134 valence electrons. The Balaban J connectivity index is 1.88. The molecule has 0 radical (unpaired) electrons. The molecule has 3 rings (SSSR count). The topological polar surface area (TPSA) is 101 Å². The lowest BCUT2D eigenvalue weighted by molar-refractivity contribution is 0.102. The number of aryl methyl sites for hydroxylation is 2. The van der Waals surface area contributed by atoms with Crippen LogP contribution in [-0.2, 0) is 10.0 Å². The summed E-state index contributed by atoms with van der Waals surface area (Å²) in [7, 11) is -3.82. The highest BCUT2D eigenvalue weighted by Gasteiger charge is 2.19. The van der Waals surface area contributed by atoms with Crippen LogP contribution in [0.3, 0.4) is 0 Å². The summed E-state index contributed by atoms with van der Waals surface area (Å²) in [6.45, 7) is 3.43.